The van der Waals surface area contributed by atoms with Gasteiger partial charge in [0, 0.05) is 40.8 Å². The molecule has 6 nitrogen and oxygen atoms in total. The Morgan fingerprint density at radius 1 is 1.22 bits per heavy atom. The number of fused-ring (bicyclic) bond motifs is 3. The molecule has 1 amide bonds. The molecule has 6 heteroatoms. The molecule has 0 radical (unpaired) electrons. The lowest BCUT2D eigenvalue weighted by Gasteiger charge is -2.38. The Kier molecular flexibility index (Phi) is 4.18. The number of hydrogen-bond acceptors (Lipinski definition) is 3. The number of aromatic amines is 1. The number of non-ortho nitro benzene ring substituents is 1. The van der Waals surface area contributed by atoms with Gasteiger partial charge in [0.15, 0.2) is 0 Å². The lowest BCUT2D eigenvalue weighted by atomic mass is 9.89. The van der Waals surface area contributed by atoms with Gasteiger partial charge in [0.2, 0.25) is 0 Å². The third-order valence-electron chi connectivity index (χ3n) is 5.28. The van der Waals surface area contributed by atoms with Gasteiger partial charge in [0.05, 0.1) is 11.0 Å². The van der Waals surface area contributed by atoms with E-state index in [1.165, 1.54) is 23.1 Å². The number of nitrogens with zero attached hydrogens (tertiary/aromatic N) is 2. The first-order valence-electron chi connectivity index (χ1n) is 9.12. The molecule has 2 heterocycles. The Labute approximate surface area is 157 Å². The van der Waals surface area contributed by atoms with Crippen LogP contribution in [0.25, 0.3) is 10.9 Å². The number of rotatable bonds is 3. The number of aromatic nitrogens is 1. The van der Waals surface area contributed by atoms with E-state index in [9.17, 15) is 14.9 Å². The molecule has 138 valence electrons. The maximum Gasteiger partial charge on any atom is 0.270 e. The third kappa shape index (κ3) is 2.87. The van der Waals surface area contributed by atoms with Crippen molar-refractivity contribution in [2.75, 3.05) is 6.54 Å². The SMILES string of the molecule is CC(C)[C@@H]1c2[nH]c3ccccc3c2CCN1C(=O)c1cccc([N+](=O)[O-])c1. The Morgan fingerprint density at radius 3 is 2.74 bits per heavy atom. The highest BCUT2D eigenvalue weighted by Crippen LogP contribution is 2.39. The summed E-state index contributed by atoms with van der Waals surface area (Å²) >= 11 is 0. The van der Waals surface area contributed by atoms with Crippen LogP contribution in [0.4, 0.5) is 5.69 Å². The van der Waals surface area contributed by atoms with Crippen LogP contribution in [0.5, 0.6) is 0 Å². The van der Waals surface area contributed by atoms with Crippen molar-refractivity contribution in [3.8, 4) is 0 Å². The van der Waals surface area contributed by atoms with Crippen molar-refractivity contribution in [1.29, 1.82) is 0 Å². The highest BCUT2D eigenvalue weighted by Gasteiger charge is 2.35. The zero-order valence-corrected chi connectivity index (χ0v) is 15.3. The normalized spacial score (nSPS) is 16.6. The monoisotopic (exact) mass is 363 g/mol. The molecule has 3 aromatic rings. The molecule has 1 N–H and O–H groups in total. The maximum atomic E-state index is 13.2. The minimum Gasteiger partial charge on any atom is -0.356 e. The lowest BCUT2D eigenvalue weighted by molar-refractivity contribution is -0.384. The number of nitrogens with one attached hydrogen (secondary N) is 1. The average Bonchev–Trinajstić information content (AvgIpc) is 3.05. The topological polar surface area (TPSA) is 79.2 Å². The first-order chi connectivity index (χ1) is 13.0. The van der Waals surface area contributed by atoms with E-state index in [1.54, 1.807) is 12.1 Å². The van der Waals surface area contributed by atoms with Gasteiger partial charge >= 0.3 is 0 Å². The fourth-order valence-corrected chi connectivity index (χ4v) is 4.11. The molecule has 0 aliphatic carbocycles. The van der Waals surface area contributed by atoms with Crippen molar-refractivity contribution >= 4 is 22.5 Å². The Hall–Kier alpha value is -3.15. The van der Waals surface area contributed by atoms with Gasteiger partial charge < -0.3 is 9.88 Å². The average molecular weight is 363 g/mol. The predicted molar refractivity (Wildman–Crippen MR) is 104 cm³/mol. The maximum absolute atomic E-state index is 13.2. The van der Waals surface area contributed by atoms with E-state index in [-0.39, 0.29) is 23.6 Å². The number of benzene rings is 2. The quantitative estimate of drug-likeness (QED) is 0.551. The summed E-state index contributed by atoms with van der Waals surface area (Å²) in [4.78, 5) is 29.2. The van der Waals surface area contributed by atoms with Crippen molar-refractivity contribution in [3.63, 3.8) is 0 Å². The Balaban J connectivity index is 1.76. The van der Waals surface area contributed by atoms with Gasteiger partial charge in [-0.15, -0.1) is 0 Å². The Bertz CT molecular complexity index is 1040. The summed E-state index contributed by atoms with van der Waals surface area (Å²) in [6, 6.07) is 14.1. The van der Waals surface area contributed by atoms with Crippen molar-refractivity contribution in [3.05, 3.63) is 75.5 Å². The summed E-state index contributed by atoms with van der Waals surface area (Å²) in [6.45, 7) is 4.79. The molecule has 0 unspecified atom stereocenters. The summed E-state index contributed by atoms with van der Waals surface area (Å²) < 4.78 is 0. The third-order valence-corrected chi connectivity index (χ3v) is 5.28. The van der Waals surface area contributed by atoms with Crippen LogP contribution in [-0.4, -0.2) is 27.3 Å². The van der Waals surface area contributed by atoms with Crippen LogP contribution < -0.4 is 0 Å². The standard InChI is InChI=1S/C21H21N3O3/c1-13(2)20-19-17(16-8-3-4-9-18(16)22-19)10-11-23(20)21(25)14-6-5-7-15(12-14)24(26)27/h3-9,12-13,20,22H,10-11H2,1-2H3/t20-/m1/s1. The highest BCUT2D eigenvalue weighted by molar-refractivity contribution is 5.96. The van der Waals surface area contributed by atoms with Crippen LogP contribution in [0.1, 0.15) is 41.5 Å². The van der Waals surface area contributed by atoms with E-state index in [1.807, 2.05) is 17.0 Å². The van der Waals surface area contributed by atoms with Crippen molar-refractivity contribution in [1.82, 2.24) is 9.88 Å². The zero-order chi connectivity index (χ0) is 19.1. The summed E-state index contributed by atoms with van der Waals surface area (Å²) in [7, 11) is 0. The molecule has 1 aromatic heterocycles. The van der Waals surface area contributed by atoms with Gasteiger partial charge in [-0.2, -0.15) is 0 Å². The largest absolute Gasteiger partial charge is 0.356 e. The van der Waals surface area contributed by atoms with E-state index in [0.717, 1.165) is 17.6 Å². The van der Waals surface area contributed by atoms with E-state index < -0.39 is 4.92 Å². The molecule has 0 saturated carbocycles. The van der Waals surface area contributed by atoms with Crippen LogP contribution in [0.2, 0.25) is 0 Å². The van der Waals surface area contributed by atoms with Crippen LogP contribution in [0.3, 0.4) is 0 Å². The minimum atomic E-state index is -0.470. The number of carbonyl (C=O) groups excluding carboxylic acids is 1. The molecule has 0 fully saturated rings. The van der Waals surface area contributed by atoms with Crippen LogP contribution in [-0.2, 0) is 6.42 Å². The number of hydrogen-bond donors (Lipinski definition) is 1. The summed E-state index contributed by atoms with van der Waals surface area (Å²) in [6.07, 6.45) is 0.767. The molecule has 4 rings (SSSR count). The summed E-state index contributed by atoms with van der Waals surface area (Å²) in [5.74, 6) is 0.0430. The molecule has 1 aliphatic rings. The van der Waals surface area contributed by atoms with E-state index >= 15 is 0 Å². The van der Waals surface area contributed by atoms with Crippen molar-refractivity contribution < 1.29 is 9.72 Å². The van der Waals surface area contributed by atoms with Gasteiger partial charge in [-0.05, 0) is 30.0 Å². The molecular formula is C21H21N3O3. The van der Waals surface area contributed by atoms with Crippen LogP contribution in [0, 0.1) is 16.0 Å². The highest BCUT2D eigenvalue weighted by atomic mass is 16.6. The zero-order valence-electron chi connectivity index (χ0n) is 15.3. The molecule has 0 bridgehead atoms. The second-order valence-corrected chi connectivity index (χ2v) is 7.31. The molecular weight excluding hydrogens is 342 g/mol. The number of nitro groups is 1. The number of amides is 1. The molecule has 1 atom stereocenters. The lowest BCUT2D eigenvalue weighted by Crippen LogP contribution is -2.42. The summed E-state index contributed by atoms with van der Waals surface area (Å²) in [5, 5.41) is 12.3. The molecule has 27 heavy (non-hydrogen) atoms. The first kappa shape index (κ1) is 17.3. The predicted octanol–water partition coefficient (Wildman–Crippen LogP) is 4.47. The second kappa shape index (κ2) is 6.54. The van der Waals surface area contributed by atoms with E-state index in [2.05, 4.69) is 31.0 Å². The van der Waals surface area contributed by atoms with Gasteiger partial charge in [0.25, 0.3) is 11.6 Å². The van der Waals surface area contributed by atoms with Gasteiger partial charge in [0.1, 0.15) is 0 Å². The van der Waals surface area contributed by atoms with E-state index in [0.29, 0.717) is 12.1 Å². The smallest absolute Gasteiger partial charge is 0.270 e. The Morgan fingerprint density at radius 2 is 2.00 bits per heavy atom. The number of H-pyrrole nitrogens is 1. The van der Waals surface area contributed by atoms with Gasteiger partial charge in [-0.25, -0.2) is 0 Å². The van der Waals surface area contributed by atoms with Crippen molar-refractivity contribution in [2.24, 2.45) is 5.92 Å². The van der Waals surface area contributed by atoms with E-state index in [4.69, 9.17) is 0 Å². The molecule has 0 spiro atoms. The fraction of sp³-hybridized carbons (Fsp3) is 0.286. The first-order valence-corrected chi connectivity index (χ1v) is 9.12. The number of para-hydroxylation sites is 1. The fourth-order valence-electron chi connectivity index (χ4n) is 4.11. The van der Waals surface area contributed by atoms with Gasteiger partial charge in [-0.3, -0.25) is 14.9 Å². The van der Waals surface area contributed by atoms with Crippen LogP contribution in [0.15, 0.2) is 48.5 Å². The number of nitro benzene ring substituents is 1. The molecule has 0 saturated heterocycles. The summed E-state index contributed by atoms with van der Waals surface area (Å²) in [5.41, 5.74) is 3.72. The van der Waals surface area contributed by atoms with Crippen LogP contribution >= 0.6 is 0 Å². The minimum absolute atomic E-state index is 0.0646. The molecule has 2 aromatic carbocycles. The van der Waals surface area contributed by atoms with Crippen molar-refractivity contribution in [2.45, 2.75) is 26.3 Å². The molecule has 1 aliphatic heterocycles. The van der Waals surface area contributed by atoms with Gasteiger partial charge in [-0.1, -0.05) is 38.1 Å². The number of carbonyl (C=O) groups is 1. The second-order valence-electron chi connectivity index (χ2n) is 7.31.